The lowest BCUT2D eigenvalue weighted by molar-refractivity contribution is 0.661. The van der Waals surface area contributed by atoms with Gasteiger partial charge in [-0.15, -0.1) is 0 Å². The van der Waals surface area contributed by atoms with Crippen LogP contribution >= 0.6 is 0 Å². The monoisotopic (exact) mass is 267 g/mol. The zero-order chi connectivity index (χ0) is 13.8. The Morgan fingerprint density at radius 2 is 2.15 bits per heavy atom. The van der Waals surface area contributed by atoms with Crippen LogP contribution in [-0.2, 0) is 6.54 Å². The molecular formula is C15H17N5. The Labute approximate surface area is 117 Å². The Hall–Kier alpha value is -2.56. The van der Waals surface area contributed by atoms with Crippen LogP contribution in [0.15, 0.2) is 49.2 Å². The maximum absolute atomic E-state index is 6.02. The molecule has 0 amide bonds. The van der Waals surface area contributed by atoms with Gasteiger partial charge in [0.2, 0.25) is 0 Å². The normalized spacial score (nSPS) is 10.8. The molecule has 0 saturated carbocycles. The van der Waals surface area contributed by atoms with Crippen molar-refractivity contribution in [3.63, 3.8) is 0 Å². The van der Waals surface area contributed by atoms with E-state index in [1.807, 2.05) is 36.8 Å². The zero-order valence-corrected chi connectivity index (χ0v) is 11.2. The first-order valence-electron chi connectivity index (χ1n) is 6.67. The van der Waals surface area contributed by atoms with Crippen molar-refractivity contribution in [2.45, 2.75) is 13.0 Å². The first-order chi connectivity index (χ1) is 9.84. The van der Waals surface area contributed by atoms with Crippen molar-refractivity contribution in [3.8, 4) is 0 Å². The molecule has 1 aromatic carbocycles. The van der Waals surface area contributed by atoms with Crippen LogP contribution in [-0.4, -0.2) is 21.1 Å². The molecule has 0 fully saturated rings. The van der Waals surface area contributed by atoms with E-state index in [-0.39, 0.29) is 0 Å². The first kappa shape index (κ1) is 12.5. The van der Waals surface area contributed by atoms with Gasteiger partial charge in [-0.05, 0) is 12.5 Å². The lowest BCUT2D eigenvalue weighted by atomic mass is 10.1. The Bertz CT molecular complexity index is 691. The molecular weight excluding hydrogens is 250 g/mol. The molecule has 0 aliphatic rings. The van der Waals surface area contributed by atoms with Crippen molar-refractivity contribution in [2.75, 3.05) is 17.6 Å². The van der Waals surface area contributed by atoms with E-state index in [0.717, 1.165) is 36.1 Å². The number of aromatic nitrogens is 3. The summed E-state index contributed by atoms with van der Waals surface area (Å²) in [6.07, 6.45) is 8.31. The molecule has 0 bridgehead atoms. The SMILES string of the molecule is Nc1cnc2ccccc2c1NCCCn1ccnc1. The van der Waals surface area contributed by atoms with Crippen LogP contribution in [0.1, 0.15) is 6.42 Å². The molecule has 0 saturated heterocycles. The van der Waals surface area contributed by atoms with E-state index in [2.05, 4.69) is 19.9 Å². The third kappa shape index (κ3) is 2.56. The number of aryl methyl sites for hydroxylation is 1. The van der Waals surface area contributed by atoms with Gasteiger partial charge in [0, 0.05) is 30.9 Å². The number of nitrogens with one attached hydrogen (secondary N) is 1. The van der Waals surface area contributed by atoms with Gasteiger partial charge in [0.1, 0.15) is 0 Å². The molecule has 3 aromatic rings. The number of fused-ring (bicyclic) bond motifs is 1. The molecule has 2 aromatic heterocycles. The number of rotatable bonds is 5. The van der Waals surface area contributed by atoms with E-state index in [1.54, 1.807) is 12.4 Å². The number of anilines is 2. The summed E-state index contributed by atoms with van der Waals surface area (Å²) >= 11 is 0. The largest absolute Gasteiger partial charge is 0.396 e. The summed E-state index contributed by atoms with van der Waals surface area (Å²) in [5.74, 6) is 0. The van der Waals surface area contributed by atoms with E-state index < -0.39 is 0 Å². The van der Waals surface area contributed by atoms with Gasteiger partial charge >= 0.3 is 0 Å². The fourth-order valence-electron chi connectivity index (χ4n) is 2.25. The Morgan fingerprint density at radius 1 is 1.25 bits per heavy atom. The summed E-state index contributed by atoms with van der Waals surface area (Å²) in [6.45, 7) is 1.80. The summed E-state index contributed by atoms with van der Waals surface area (Å²) in [5.41, 5.74) is 8.64. The summed E-state index contributed by atoms with van der Waals surface area (Å²) in [5, 5.41) is 4.48. The van der Waals surface area contributed by atoms with Gasteiger partial charge < -0.3 is 15.6 Å². The third-order valence-corrected chi connectivity index (χ3v) is 3.26. The third-order valence-electron chi connectivity index (χ3n) is 3.26. The second kappa shape index (κ2) is 5.61. The summed E-state index contributed by atoms with van der Waals surface area (Å²) in [7, 11) is 0. The number of nitrogens with zero attached hydrogens (tertiary/aromatic N) is 3. The topological polar surface area (TPSA) is 68.8 Å². The summed E-state index contributed by atoms with van der Waals surface area (Å²) < 4.78 is 2.07. The highest BCUT2D eigenvalue weighted by molar-refractivity contribution is 5.96. The molecule has 2 heterocycles. The second-order valence-electron chi connectivity index (χ2n) is 4.69. The molecule has 0 aliphatic carbocycles. The Kier molecular flexibility index (Phi) is 3.50. The van der Waals surface area contributed by atoms with E-state index in [9.17, 15) is 0 Å². The van der Waals surface area contributed by atoms with Gasteiger partial charge in [-0.1, -0.05) is 18.2 Å². The number of nitrogens with two attached hydrogens (primary N) is 1. The minimum absolute atomic E-state index is 0.686. The molecule has 0 unspecified atom stereocenters. The van der Waals surface area contributed by atoms with E-state index >= 15 is 0 Å². The highest BCUT2D eigenvalue weighted by atomic mass is 15.0. The molecule has 0 atom stereocenters. The summed E-state index contributed by atoms with van der Waals surface area (Å²) in [4.78, 5) is 8.36. The molecule has 20 heavy (non-hydrogen) atoms. The van der Waals surface area contributed by atoms with Gasteiger partial charge in [-0.2, -0.15) is 0 Å². The van der Waals surface area contributed by atoms with Gasteiger partial charge in [-0.3, -0.25) is 4.98 Å². The average molecular weight is 267 g/mol. The number of hydrogen-bond acceptors (Lipinski definition) is 4. The molecule has 3 rings (SSSR count). The molecule has 0 spiro atoms. The molecule has 0 aliphatic heterocycles. The highest BCUT2D eigenvalue weighted by Gasteiger charge is 2.05. The van der Waals surface area contributed by atoms with E-state index in [0.29, 0.717) is 5.69 Å². The Balaban J connectivity index is 1.69. The van der Waals surface area contributed by atoms with Crippen LogP contribution in [0.4, 0.5) is 11.4 Å². The quantitative estimate of drug-likeness (QED) is 0.697. The van der Waals surface area contributed by atoms with E-state index in [4.69, 9.17) is 5.73 Å². The molecule has 102 valence electrons. The minimum Gasteiger partial charge on any atom is -0.396 e. The number of benzene rings is 1. The Morgan fingerprint density at radius 3 is 3.00 bits per heavy atom. The van der Waals surface area contributed by atoms with Crippen LogP contribution in [0, 0.1) is 0 Å². The number of para-hydroxylation sites is 1. The van der Waals surface area contributed by atoms with Gasteiger partial charge in [-0.25, -0.2) is 4.98 Å². The minimum atomic E-state index is 0.686. The predicted octanol–water partition coefficient (Wildman–Crippen LogP) is 2.52. The van der Waals surface area contributed by atoms with Gasteiger partial charge in [0.15, 0.2) is 0 Å². The van der Waals surface area contributed by atoms with Crippen molar-refractivity contribution in [1.29, 1.82) is 0 Å². The predicted molar refractivity (Wildman–Crippen MR) is 81.5 cm³/mol. The maximum Gasteiger partial charge on any atom is 0.0945 e. The van der Waals surface area contributed by atoms with Gasteiger partial charge in [0.25, 0.3) is 0 Å². The lowest BCUT2D eigenvalue weighted by Crippen LogP contribution is -2.08. The lowest BCUT2D eigenvalue weighted by Gasteiger charge is -2.12. The smallest absolute Gasteiger partial charge is 0.0945 e. The fourth-order valence-corrected chi connectivity index (χ4v) is 2.25. The number of hydrogen-bond donors (Lipinski definition) is 2. The molecule has 3 N–H and O–H groups in total. The van der Waals surface area contributed by atoms with Crippen molar-refractivity contribution in [2.24, 2.45) is 0 Å². The number of pyridine rings is 1. The van der Waals surface area contributed by atoms with Crippen LogP contribution in [0.3, 0.4) is 0 Å². The van der Waals surface area contributed by atoms with E-state index in [1.165, 1.54) is 0 Å². The molecule has 0 radical (unpaired) electrons. The molecule has 5 nitrogen and oxygen atoms in total. The second-order valence-corrected chi connectivity index (χ2v) is 4.69. The van der Waals surface area contributed by atoms with Crippen molar-refractivity contribution < 1.29 is 0 Å². The van der Waals surface area contributed by atoms with Crippen LogP contribution in [0.25, 0.3) is 10.9 Å². The standard InChI is InChI=1S/C15H17N5/c16-13-10-19-14-5-2-1-4-12(14)15(13)18-6-3-8-20-9-7-17-11-20/h1-2,4-5,7,9-11H,3,6,8,16H2,(H,18,19). The maximum atomic E-state index is 6.02. The van der Waals surface area contributed by atoms with Crippen molar-refractivity contribution in [1.82, 2.24) is 14.5 Å². The molecule has 5 heteroatoms. The average Bonchev–Trinajstić information content (AvgIpc) is 2.98. The fraction of sp³-hybridized carbons (Fsp3) is 0.200. The number of nitrogen functional groups attached to an aromatic ring is 1. The van der Waals surface area contributed by atoms with Crippen LogP contribution in [0.2, 0.25) is 0 Å². The highest BCUT2D eigenvalue weighted by Crippen LogP contribution is 2.27. The van der Waals surface area contributed by atoms with Gasteiger partial charge in [0.05, 0.1) is 29.4 Å². The first-order valence-corrected chi connectivity index (χ1v) is 6.67. The van der Waals surface area contributed by atoms with Crippen LogP contribution < -0.4 is 11.1 Å². The zero-order valence-electron chi connectivity index (χ0n) is 11.2. The van der Waals surface area contributed by atoms with Crippen molar-refractivity contribution >= 4 is 22.3 Å². The van der Waals surface area contributed by atoms with Crippen molar-refractivity contribution in [3.05, 3.63) is 49.2 Å². The number of imidazole rings is 1. The van der Waals surface area contributed by atoms with Crippen LogP contribution in [0.5, 0.6) is 0 Å². The summed E-state index contributed by atoms with van der Waals surface area (Å²) in [6, 6.07) is 8.01.